The minimum absolute atomic E-state index is 1.01. The van der Waals surface area contributed by atoms with Crippen LogP contribution in [0.5, 0.6) is 0 Å². The van der Waals surface area contributed by atoms with Gasteiger partial charge in [0.2, 0.25) is 0 Å². The average molecular weight is 156 g/mol. The fourth-order valence-electron chi connectivity index (χ4n) is 0.448. The molecule has 0 saturated heterocycles. The van der Waals surface area contributed by atoms with Gasteiger partial charge in [0.1, 0.15) is 5.76 Å². The van der Waals surface area contributed by atoms with Crippen LogP contribution in [0.2, 0.25) is 0 Å². The van der Waals surface area contributed by atoms with E-state index < -0.39 is 0 Å². The fraction of sp³-hybridized carbons (Fsp3) is 0.600. The van der Waals surface area contributed by atoms with Crippen LogP contribution in [0, 0.1) is 13.8 Å². The summed E-state index contributed by atoms with van der Waals surface area (Å²) in [4.78, 5) is 0. The highest BCUT2D eigenvalue weighted by molar-refractivity contribution is 5.11. The molecular formula is C10H20O. The first-order chi connectivity index (χ1) is 5.30. The molecule has 0 aliphatic carbocycles. The van der Waals surface area contributed by atoms with Gasteiger partial charge >= 0.3 is 0 Å². The first kappa shape index (κ1) is 12.9. The molecule has 0 amide bonds. The van der Waals surface area contributed by atoms with Crippen molar-refractivity contribution in [2.75, 3.05) is 0 Å². The molecule has 1 rings (SSSR count). The van der Waals surface area contributed by atoms with Gasteiger partial charge in [-0.15, -0.1) is 0 Å². The average Bonchev–Trinajstić information content (AvgIpc) is 2.44. The molecule has 11 heavy (non-hydrogen) atoms. The monoisotopic (exact) mass is 156 g/mol. The molecule has 0 saturated carbocycles. The van der Waals surface area contributed by atoms with Crippen molar-refractivity contribution in [2.24, 2.45) is 0 Å². The molecule has 0 bridgehead atoms. The number of hydrogen-bond donors (Lipinski definition) is 0. The van der Waals surface area contributed by atoms with Gasteiger partial charge in [-0.3, -0.25) is 0 Å². The summed E-state index contributed by atoms with van der Waals surface area (Å²) in [5.74, 6) is 1.01. The summed E-state index contributed by atoms with van der Waals surface area (Å²) in [5.41, 5.74) is 1.22. The summed E-state index contributed by atoms with van der Waals surface area (Å²) >= 11 is 0. The van der Waals surface area contributed by atoms with E-state index in [1.54, 1.807) is 6.26 Å². The van der Waals surface area contributed by atoms with Crippen LogP contribution in [0.25, 0.3) is 0 Å². The fourth-order valence-corrected chi connectivity index (χ4v) is 0.448. The van der Waals surface area contributed by atoms with E-state index in [1.165, 1.54) is 5.56 Å². The maximum absolute atomic E-state index is 4.96. The Kier molecular flexibility index (Phi) is 10.9. The van der Waals surface area contributed by atoms with E-state index in [2.05, 4.69) is 0 Å². The second kappa shape index (κ2) is 9.28. The number of rotatable bonds is 0. The van der Waals surface area contributed by atoms with E-state index in [9.17, 15) is 0 Å². The Hall–Kier alpha value is -0.720. The quantitative estimate of drug-likeness (QED) is 0.554. The Morgan fingerprint density at radius 1 is 1.00 bits per heavy atom. The first-order valence-electron chi connectivity index (χ1n) is 4.31. The molecule has 1 aromatic heterocycles. The van der Waals surface area contributed by atoms with Crippen molar-refractivity contribution < 1.29 is 4.42 Å². The zero-order valence-corrected chi connectivity index (χ0v) is 8.56. The van der Waals surface area contributed by atoms with Crippen LogP contribution in [-0.4, -0.2) is 0 Å². The van der Waals surface area contributed by atoms with Crippen molar-refractivity contribution in [3.8, 4) is 0 Å². The lowest BCUT2D eigenvalue weighted by Crippen LogP contribution is -1.63. The minimum atomic E-state index is 1.01. The Bertz CT molecular complexity index is 137. The van der Waals surface area contributed by atoms with E-state index in [-0.39, 0.29) is 0 Å². The van der Waals surface area contributed by atoms with Crippen molar-refractivity contribution >= 4 is 0 Å². The van der Waals surface area contributed by atoms with Crippen LogP contribution in [0.3, 0.4) is 0 Å². The smallest absolute Gasteiger partial charge is 0.103 e. The molecule has 0 N–H and O–H groups in total. The summed E-state index contributed by atoms with van der Waals surface area (Å²) in [7, 11) is 0. The molecule has 0 unspecified atom stereocenters. The van der Waals surface area contributed by atoms with Gasteiger partial charge in [-0.1, -0.05) is 27.7 Å². The maximum atomic E-state index is 4.96. The molecule has 0 spiro atoms. The van der Waals surface area contributed by atoms with Crippen molar-refractivity contribution in [3.63, 3.8) is 0 Å². The SMILES string of the molecule is CC.CC.Cc1ccoc1C. The van der Waals surface area contributed by atoms with E-state index in [0.717, 1.165) is 5.76 Å². The lowest BCUT2D eigenvalue weighted by Gasteiger charge is -1.79. The van der Waals surface area contributed by atoms with Gasteiger partial charge in [0, 0.05) is 0 Å². The summed E-state index contributed by atoms with van der Waals surface area (Å²) in [6.07, 6.45) is 1.70. The van der Waals surface area contributed by atoms with Gasteiger partial charge in [-0.05, 0) is 25.5 Å². The number of aryl methyl sites for hydroxylation is 2. The lowest BCUT2D eigenvalue weighted by molar-refractivity contribution is 0.532. The zero-order chi connectivity index (χ0) is 9.28. The standard InChI is InChI=1S/C6H8O.2C2H6/c1-5-3-4-7-6(5)2;2*1-2/h3-4H,1-2H3;2*1-2H3. The molecule has 0 atom stereocenters. The second-order valence-electron chi connectivity index (χ2n) is 1.66. The van der Waals surface area contributed by atoms with Gasteiger partial charge in [-0.2, -0.15) is 0 Å². The third-order valence-electron chi connectivity index (χ3n) is 1.12. The van der Waals surface area contributed by atoms with Crippen molar-refractivity contribution in [1.82, 2.24) is 0 Å². The van der Waals surface area contributed by atoms with E-state index >= 15 is 0 Å². The van der Waals surface area contributed by atoms with Gasteiger partial charge in [0.15, 0.2) is 0 Å². The molecule has 0 aliphatic rings. The molecule has 0 aromatic carbocycles. The largest absolute Gasteiger partial charge is 0.469 e. The van der Waals surface area contributed by atoms with Crippen LogP contribution in [-0.2, 0) is 0 Å². The third-order valence-corrected chi connectivity index (χ3v) is 1.12. The van der Waals surface area contributed by atoms with Crippen molar-refractivity contribution in [2.45, 2.75) is 41.5 Å². The number of furan rings is 1. The summed E-state index contributed by atoms with van der Waals surface area (Å²) in [6, 6.07) is 1.95. The molecule has 0 fully saturated rings. The number of hydrogen-bond acceptors (Lipinski definition) is 1. The van der Waals surface area contributed by atoms with Crippen LogP contribution >= 0.6 is 0 Å². The molecule has 1 heterocycles. The van der Waals surface area contributed by atoms with E-state index in [4.69, 9.17) is 4.42 Å². The highest BCUT2D eigenvalue weighted by Crippen LogP contribution is 2.04. The first-order valence-corrected chi connectivity index (χ1v) is 4.31. The van der Waals surface area contributed by atoms with E-state index in [1.807, 2.05) is 47.6 Å². The van der Waals surface area contributed by atoms with Gasteiger partial charge < -0.3 is 4.42 Å². The second-order valence-corrected chi connectivity index (χ2v) is 1.66. The molecule has 1 nitrogen and oxygen atoms in total. The predicted octanol–water partition coefficient (Wildman–Crippen LogP) is 3.95. The molecule has 66 valence electrons. The van der Waals surface area contributed by atoms with Gasteiger partial charge in [0.05, 0.1) is 6.26 Å². The minimum Gasteiger partial charge on any atom is -0.469 e. The van der Waals surface area contributed by atoms with Crippen molar-refractivity contribution in [3.05, 3.63) is 23.7 Å². The Morgan fingerprint density at radius 3 is 1.55 bits per heavy atom. The normalized spacial score (nSPS) is 7.09. The molecule has 0 aliphatic heterocycles. The molecule has 1 heteroatoms. The topological polar surface area (TPSA) is 13.1 Å². The van der Waals surface area contributed by atoms with E-state index in [0.29, 0.717) is 0 Å². The van der Waals surface area contributed by atoms with Crippen LogP contribution in [0.1, 0.15) is 39.0 Å². The summed E-state index contributed by atoms with van der Waals surface area (Å²) in [6.45, 7) is 12.0. The van der Waals surface area contributed by atoms with Gasteiger partial charge in [-0.25, -0.2) is 0 Å². The summed E-state index contributed by atoms with van der Waals surface area (Å²) in [5, 5.41) is 0. The van der Waals surface area contributed by atoms with Crippen molar-refractivity contribution in [1.29, 1.82) is 0 Å². The highest BCUT2D eigenvalue weighted by Gasteiger charge is 1.88. The maximum Gasteiger partial charge on any atom is 0.103 e. The van der Waals surface area contributed by atoms with Crippen LogP contribution in [0.4, 0.5) is 0 Å². The lowest BCUT2D eigenvalue weighted by atomic mass is 10.3. The Labute approximate surface area is 70.4 Å². The molecular weight excluding hydrogens is 136 g/mol. The van der Waals surface area contributed by atoms with Gasteiger partial charge in [0.25, 0.3) is 0 Å². The predicted molar refractivity (Wildman–Crippen MR) is 50.9 cm³/mol. The Morgan fingerprint density at radius 2 is 1.45 bits per heavy atom. The molecule has 0 radical (unpaired) electrons. The highest BCUT2D eigenvalue weighted by atomic mass is 16.3. The molecule has 1 aromatic rings. The van der Waals surface area contributed by atoms with Crippen LogP contribution < -0.4 is 0 Å². The zero-order valence-electron chi connectivity index (χ0n) is 8.56. The summed E-state index contributed by atoms with van der Waals surface area (Å²) < 4.78 is 4.96. The van der Waals surface area contributed by atoms with Crippen LogP contribution in [0.15, 0.2) is 16.7 Å². The Balaban J connectivity index is 0. The third kappa shape index (κ3) is 5.71.